The van der Waals surface area contributed by atoms with E-state index in [0.29, 0.717) is 0 Å². The molecular weight excluding hydrogens is 902 g/mol. The van der Waals surface area contributed by atoms with E-state index in [-0.39, 0.29) is 10.8 Å². The molecule has 0 N–H and O–H groups in total. The van der Waals surface area contributed by atoms with Gasteiger partial charge in [0.2, 0.25) is 0 Å². The van der Waals surface area contributed by atoms with Crippen molar-refractivity contribution in [2.75, 3.05) is 0 Å². The Morgan fingerprint density at radius 1 is 0.423 bits per heavy atom. The van der Waals surface area contributed by atoms with E-state index in [1.165, 1.54) is 192 Å². The molecule has 2 heterocycles. The Balaban J connectivity index is 1.51. The van der Waals surface area contributed by atoms with Gasteiger partial charge in [-0.2, -0.15) is 17.5 Å². The van der Waals surface area contributed by atoms with Crippen LogP contribution >= 0.6 is 68.6 Å². The van der Waals surface area contributed by atoms with Gasteiger partial charge in [-0.25, -0.2) is 0 Å². The summed E-state index contributed by atoms with van der Waals surface area (Å²) in [7, 11) is 0. The number of hydrogen-bond donors (Lipinski definition) is 0. The second-order valence-electron chi connectivity index (χ2n) is 15.8. The molecule has 0 aliphatic heterocycles. The van der Waals surface area contributed by atoms with Crippen LogP contribution in [-0.4, -0.2) is 17.5 Å². The first-order valence-electron chi connectivity index (χ1n) is 20.6. The van der Waals surface area contributed by atoms with E-state index in [0.717, 1.165) is 22.1 Å². The van der Waals surface area contributed by atoms with E-state index in [1.54, 1.807) is 11.1 Å². The monoisotopic (exact) mass is 958 g/mol. The van der Waals surface area contributed by atoms with Crippen molar-refractivity contribution >= 4 is 90.7 Å². The van der Waals surface area contributed by atoms with Gasteiger partial charge in [0.25, 0.3) is 0 Å². The van der Waals surface area contributed by atoms with Crippen LogP contribution in [0.4, 0.5) is 0 Å². The molecular formula is C44H56I2N4S2. The normalized spacial score (nSPS) is 15.0. The average molecular weight is 959 g/mol. The van der Waals surface area contributed by atoms with E-state index in [2.05, 4.69) is 97.1 Å². The summed E-state index contributed by atoms with van der Waals surface area (Å²) in [6.45, 7) is 9.34. The van der Waals surface area contributed by atoms with Crippen LogP contribution in [0.25, 0.3) is 44.3 Å². The summed E-state index contributed by atoms with van der Waals surface area (Å²) in [5, 5.41) is 0. The highest BCUT2D eigenvalue weighted by molar-refractivity contribution is 14.1. The van der Waals surface area contributed by atoms with Gasteiger partial charge < -0.3 is 0 Å². The summed E-state index contributed by atoms with van der Waals surface area (Å²) in [4.78, 5) is 0. The molecule has 0 radical (unpaired) electrons. The van der Waals surface area contributed by atoms with Gasteiger partial charge in [-0.1, -0.05) is 130 Å². The molecule has 0 spiro atoms. The van der Waals surface area contributed by atoms with E-state index in [1.807, 2.05) is 0 Å². The Morgan fingerprint density at radius 3 is 1.08 bits per heavy atom. The molecule has 4 nitrogen and oxygen atoms in total. The highest BCUT2D eigenvalue weighted by Crippen LogP contribution is 2.63. The molecule has 0 fully saturated rings. The van der Waals surface area contributed by atoms with E-state index < -0.39 is 0 Å². The maximum absolute atomic E-state index is 5.10. The third kappa shape index (κ3) is 6.92. The van der Waals surface area contributed by atoms with Crippen molar-refractivity contribution < 1.29 is 0 Å². The Hall–Kier alpha value is -1.24. The topological polar surface area (TPSA) is 51.6 Å². The zero-order valence-electron chi connectivity index (χ0n) is 31.8. The van der Waals surface area contributed by atoms with E-state index in [9.17, 15) is 0 Å². The molecule has 8 heteroatoms. The molecule has 2 aliphatic rings. The first kappa shape index (κ1) is 39.0. The van der Waals surface area contributed by atoms with Crippen LogP contribution in [0.15, 0.2) is 24.3 Å². The molecule has 3 aromatic carbocycles. The van der Waals surface area contributed by atoms with Crippen LogP contribution in [0, 0.1) is 7.14 Å². The van der Waals surface area contributed by atoms with Crippen LogP contribution in [-0.2, 0) is 10.8 Å². The predicted molar refractivity (Wildman–Crippen MR) is 241 cm³/mol. The minimum Gasteiger partial charge on any atom is -0.172 e. The van der Waals surface area contributed by atoms with Crippen LogP contribution in [0.2, 0.25) is 0 Å². The number of nitrogens with zero attached hydrogens (tertiary/aromatic N) is 4. The van der Waals surface area contributed by atoms with Gasteiger partial charge in [0.05, 0.1) is 23.5 Å². The molecule has 52 heavy (non-hydrogen) atoms. The number of aromatic nitrogens is 4. The Kier molecular flexibility index (Phi) is 13.0. The Bertz CT molecular complexity index is 1850. The molecule has 0 amide bonds. The SMILES string of the molecule is CCCCCCC1(CCCCCC)c2cc3c(cc2-c2c1cc(I)c1nsnc21)C(CCCCCC)(CCCCCC)c1cc(I)c2nsnc2c1-3. The van der Waals surface area contributed by atoms with Crippen LogP contribution < -0.4 is 0 Å². The van der Waals surface area contributed by atoms with Crippen molar-refractivity contribution in [2.45, 2.75) is 167 Å². The number of benzene rings is 3. The Labute approximate surface area is 348 Å². The maximum Gasteiger partial charge on any atom is 0.118 e. The molecule has 0 unspecified atom stereocenters. The second kappa shape index (κ2) is 17.3. The van der Waals surface area contributed by atoms with Gasteiger partial charge in [-0.3, -0.25) is 0 Å². The fourth-order valence-corrected chi connectivity index (χ4v) is 12.8. The van der Waals surface area contributed by atoms with E-state index >= 15 is 0 Å². The number of fused-ring (bicyclic) bond motifs is 10. The number of hydrogen-bond acceptors (Lipinski definition) is 6. The first-order chi connectivity index (χ1) is 25.5. The van der Waals surface area contributed by atoms with Crippen molar-refractivity contribution in [2.24, 2.45) is 0 Å². The lowest BCUT2D eigenvalue weighted by molar-refractivity contribution is 0.397. The second-order valence-corrected chi connectivity index (χ2v) is 19.2. The van der Waals surface area contributed by atoms with Gasteiger partial charge in [-0.05, 0) is 129 Å². The van der Waals surface area contributed by atoms with Gasteiger partial charge in [-0.15, -0.1) is 0 Å². The highest BCUT2D eigenvalue weighted by Gasteiger charge is 2.49. The third-order valence-corrected chi connectivity index (χ3v) is 15.3. The summed E-state index contributed by atoms with van der Waals surface area (Å²) < 4.78 is 22.5. The van der Waals surface area contributed by atoms with Crippen LogP contribution in [0.3, 0.4) is 0 Å². The largest absolute Gasteiger partial charge is 0.172 e. The lowest BCUT2D eigenvalue weighted by Crippen LogP contribution is -2.27. The lowest BCUT2D eigenvalue weighted by atomic mass is 9.68. The minimum absolute atomic E-state index is 0.0186. The van der Waals surface area contributed by atoms with Crippen molar-refractivity contribution in [3.05, 3.63) is 53.7 Å². The summed E-state index contributed by atoms with van der Waals surface area (Å²) in [5.74, 6) is 0. The van der Waals surface area contributed by atoms with Crippen molar-refractivity contribution in [3.8, 4) is 22.3 Å². The standard InChI is InChI=1S/C44H56I2N4S2/c1-5-9-13-17-21-43(22-18-14-10-6-2)31-25-30-32(26-29(31)37-33(43)27-35(45)39-41(37)49-51-47-39)44(23-19-15-11-7-3,24-20-16-12-8-4)34-28-36(46)40-42(38(30)34)50-52-48-40/h25-28H,5-24H2,1-4H3. The molecule has 0 saturated heterocycles. The smallest absolute Gasteiger partial charge is 0.118 e. The maximum atomic E-state index is 5.10. The van der Waals surface area contributed by atoms with Gasteiger partial charge in [0, 0.05) is 29.1 Å². The van der Waals surface area contributed by atoms with E-state index in [4.69, 9.17) is 17.5 Å². The summed E-state index contributed by atoms with van der Waals surface area (Å²) in [6.07, 6.45) is 25.3. The quantitative estimate of drug-likeness (QED) is 0.0576. The first-order valence-corrected chi connectivity index (χ1v) is 24.2. The fraction of sp³-hybridized carbons (Fsp3) is 0.591. The molecule has 2 aliphatic carbocycles. The zero-order chi connectivity index (χ0) is 36.3. The van der Waals surface area contributed by atoms with Crippen molar-refractivity contribution in [3.63, 3.8) is 0 Å². The van der Waals surface area contributed by atoms with Gasteiger partial charge in [0.1, 0.15) is 22.1 Å². The third-order valence-electron chi connectivity index (χ3n) is 12.6. The fourth-order valence-electron chi connectivity index (χ4n) is 9.95. The highest BCUT2D eigenvalue weighted by atomic mass is 127. The summed E-state index contributed by atoms with van der Waals surface area (Å²) in [6, 6.07) is 10.5. The molecule has 2 aromatic heterocycles. The van der Waals surface area contributed by atoms with Crippen molar-refractivity contribution in [1.29, 1.82) is 0 Å². The molecule has 7 rings (SSSR count). The Morgan fingerprint density at radius 2 is 0.750 bits per heavy atom. The number of unbranched alkanes of at least 4 members (excludes halogenated alkanes) is 12. The number of rotatable bonds is 20. The minimum atomic E-state index is -0.0186. The summed E-state index contributed by atoms with van der Waals surface area (Å²) >= 11 is 7.87. The average Bonchev–Trinajstić information content (AvgIpc) is 3.93. The number of halogens is 2. The van der Waals surface area contributed by atoms with Crippen molar-refractivity contribution in [1.82, 2.24) is 17.5 Å². The molecule has 5 aromatic rings. The molecule has 0 saturated carbocycles. The molecule has 278 valence electrons. The summed E-state index contributed by atoms with van der Waals surface area (Å²) in [5.41, 5.74) is 16.3. The lowest BCUT2D eigenvalue weighted by Gasteiger charge is -2.35. The zero-order valence-corrected chi connectivity index (χ0v) is 37.8. The van der Waals surface area contributed by atoms with Crippen LogP contribution in [0.1, 0.15) is 178 Å². The van der Waals surface area contributed by atoms with Gasteiger partial charge in [0.15, 0.2) is 0 Å². The van der Waals surface area contributed by atoms with Gasteiger partial charge >= 0.3 is 0 Å². The molecule has 0 atom stereocenters. The molecule has 0 bridgehead atoms. The van der Waals surface area contributed by atoms with Crippen LogP contribution in [0.5, 0.6) is 0 Å². The predicted octanol–water partition coefficient (Wildman–Crippen LogP) is 15.3.